The maximum atomic E-state index is 14.3. The number of fused-ring (bicyclic) bond motifs is 6. The Labute approximate surface area is 395 Å². The minimum absolute atomic E-state index is 0.0741. The summed E-state index contributed by atoms with van der Waals surface area (Å²) in [6.07, 6.45) is 1.49. The van der Waals surface area contributed by atoms with Crippen molar-refractivity contribution in [3.63, 3.8) is 0 Å². The quantitative estimate of drug-likeness (QED) is 0.0314. The van der Waals surface area contributed by atoms with Gasteiger partial charge in [0.1, 0.15) is 25.3 Å². The van der Waals surface area contributed by atoms with Gasteiger partial charge in [0.05, 0.1) is 35.4 Å². The van der Waals surface area contributed by atoms with E-state index in [2.05, 4.69) is 20.9 Å². The van der Waals surface area contributed by atoms with Gasteiger partial charge in [0.15, 0.2) is 17.5 Å². The molecule has 3 amide bonds. The van der Waals surface area contributed by atoms with Gasteiger partial charge >= 0.3 is 18.1 Å². The highest BCUT2D eigenvalue weighted by Crippen LogP contribution is 2.49. The van der Waals surface area contributed by atoms with Crippen molar-refractivity contribution < 1.29 is 57.6 Å². The number of ether oxygens (including phenoxy) is 5. The number of aromatic nitrogens is 2. The van der Waals surface area contributed by atoms with Gasteiger partial charge in [-0.1, -0.05) is 39.3 Å². The van der Waals surface area contributed by atoms with Crippen molar-refractivity contribution in [1.29, 1.82) is 0 Å². The van der Waals surface area contributed by atoms with Crippen molar-refractivity contribution in [3.05, 3.63) is 80.6 Å². The minimum atomic E-state index is -2.01. The summed E-state index contributed by atoms with van der Waals surface area (Å²) in [4.78, 5) is 101. The molecule has 2 aromatic heterocycles. The highest BCUT2D eigenvalue weighted by molar-refractivity contribution is 5.99. The van der Waals surface area contributed by atoms with Crippen molar-refractivity contribution >= 4 is 58.4 Å². The number of benzene rings is 2. The zero-order chi connectivity index (χ0) is 49.1. The molecular weight excluding hydrogens is 897 g/mol. The molecule has 1 aliphatic carbocycles. The molecule has 0 radical (unpaired) electrons. The predicted molar refractivity (Wildman–Crippen MR) is 247 cm³/mol. The molecule has 0 unspecified atom stereocenters. The average Bonchev–Trinajstić information content (AvgIpc) is 3.92. The number of carbonyl (C=O) groups is 6. The fraction of sp³-hybridized carbons (Fsp3) is 0.438. The smallest absolute Gasteiger partial charge is 0.481 e. The van der Waals surface area contributed by atoms with Crippen LogP contribution in [-0.4, -0.2) is 81.9 Å². The summed E-state index contributed by atoms with van der Waals surface area (Å²) in [6.45, 7) is 4.98. The third kappa shape index (κ3) is 9.84. The molecule has 0 saturated heterocycles. The number of cyclic esters (lactones) is 1. The Balaban J connectivity index is 0.957. The van der Waals surface area contributed by atoms with Crippen LogP contribution >= 0.6 is 0 Å². The van der Waals surface area contributed by atoms with Gasteiger partial charge in [-0.3, -0.25) is 29.0 Å². The number of hydrogen-bond acceptors (Lipinski definition) is 14. The number of nitrogens with two attached hydrogens (primary N) is 2. The summed E-state index contributed by atoms with van der Waals surface area (Å²) in [7, 11) is 0. The normalized spacial score (nSPS) is 17.3. The Morgan fingerprint density at radius 3 is 2.38 bits per heavy atom. The van der Waals surface area contributed by atoms with Gasteiger partial charge in [-0.05, 0) is 79.3 Å². The highest BCUT2D eigenvalue weighted by Gasteiger charge is 2.51. The van der Waals surface area contributed by atoms with Crippen molar-refractivity contribution in [2.24, 2.45) is 22.4 Å². The fourth-order valence-corrected chi connectivity index (χ4v) is 9.08. The van der Waals surface area contributed by atoms with E-state index in [1.807, 2.05) is 12.1 Å². The molecule has 1 fully saturated rings. The van der Waals surface area contributed by atoms with Crippen molar-refractivity contribution in [1.82, 2.24) is 20.2 Å². The van der Waals surface area contributed by atoms with Gasteiger partial charge in [-0.2, -0.15) is 0 Å². The molecule has 0 spiro atoms. The molecule has 4 aromatic rings. The number of aliphatic imine (C=N–C) groups is 1. The Hall–Kier alpha value is -7.71. The van der Waals surface area contributed by atoms with Crippen LogP contribution in [0.4, 0.5) is 10.5 Å². The lowest BCUT2D eigenvalue weighted by molar-refractivity contribution is -0.175. The molecule has 364 valence electrons. The summed E-state index contributed by atoms with van der Waals surface area (Å²) in [5, 5.41) is 17.9. The molecule has 5 heterocycles. The van der Waals surface area contributed by atoms with E-state index < -0.39 is 65.8 Å². The molecular formula is C48H54N8O13. The number of anilines is 1. The summed E-state index contributed by atoms with van der Waals surface area (Å²) in [5.74, 6) is -2.93. The van der Waals surface area contributed by atoms with E-state index in [-0.39, 0.29) is 80.9 Å². The van der Waals surface area contributed by atoms with Crippen molar-refractivity contribution in [2.45, 2.75) is 115 Å². The molecule has 2 aromatic carbocycles. The summed E-state index contributed by atoms with van der Waals surface area (Å²) in [5.41, 5.74) is 13.5. The highest BCUT2D eigenvalue weighted by atomic mass is 16.7. The van der Waals surface area contributed by atoms with Gasteiger partial charge in [0, 0.05) is 41.2 Å². The SMILES string of the molecule is CC[C@@]1(OC(=O)OCc2ccc(NC(=O)[C@H](CCCN=C(N)N)NC(=O)[C@@H](NC(=O)CCC(=O)O)C(C)C)cc2)C(=O)OCc2c1cc1n(c2=O)Cc2c-1nc1cc3c(cc1c2C1CCC1)OCO3. The molecule has 69 heavy (non-hydrogen) atoms. The minimum Gasteiger partial charge on any atom is -0.481 e. The molecule has 8 N–H and O–H groups in total. The lowest BCUT2D eigenvalue weighted by atomic mass is 9.76. The van der Waals surface area contributed by atoms with Gasteiger partial charge in [0.25, 0.3) is 5.56 Å². The molecule has 0 bridgehead atoms. The molecule has 3 atom stereocenters. The van der Waals surface area contributed by atoms with Gasteiger partial charge in [0.2, 0.25) is 30.1 Å². The third-order valence-electron chi connectivity index (χ3n) is 13.0. The maximum Gasteiger partial charge on any atom is 0.510 e. The number of nitrogens with one attached hydrogen (secondary N) is 3. The third-order valence-corrected chi connectivity index (χ3v) is 13.0. The monoisotopic (exact) mass is 950 g/mol. The van der Waals surface area contributed by atoms with E-state index in [0.717, 1.165) is 35.8 Å². The van der Waals surface area contributed by atoms with Gasteiger partial charge in [-0.25, -0.2) is 14.6 Å². The number of hydrogen-bond donors (Lipinski definition) is 6. The van der Waals surface area contributed by atoms with Crippen LogP contribution in [-0.2, 0) is 63.5 Å². The van der Waals surface area contributed by atoms with Crippen LogP contribution in [0.15, 0.2) is 52.3 Å². The summed E-state index contributed by atoms with van der Waals surface area (Å²) < 4.78 is 29.9. The first-order valence-corrected chi connectivity index (χ1v) is 22.9. The number of carboxylic acids is 1. The second kappa shape index (κ2) is 19.9. The zero-order valence-corrected chi connectivity index (χ0v) is 38.4. The number of rotatable bonds is 18. The topological polar surface area (TPSA) is 304 Å². The van der Waals surface area contributed by atoms with E-state index >= 15 is 0 Å². The molecule has 21 nitrogen and oxygen atoms in total. The molecule has 21 heteroatoms. The Morgan fingerprint density at radius 2 is 1.71 bits per heavy atom. The van der Waals surface area contributed by atoms with Crippen LogP contribution in [0.25, 0.3) is 22.3 Å². The molecule has 4 aliphatic rings. The maximum absolute atomic E-state index is 14.3. The van der Waals surface area contributed by atoms with E-state index in [1.54, 1.807) is 55.7 Å². The first-order valence-electron chi connectivity index (χ1n) is 22.9. The Morgan fingerprint density at radius 1 is 0.971 bits per heavy atom. The van der Waals surface area contributed by atoms with Crippen LogP contribution in [0.5, 0.6) is 11.5 Å². The van der Waals surface area contributed by atoms with E-state index in [0.29, 0.717) is 46.1 Å². The van der Waals surface area contributed by atoms with Crippen LogP contribution in [0.3, 0.4) is 0 Å². The predicted octanol–water partition coefficient (Wildman–Crippen LogP) is 3.92. The number of pyridine rings is 2. The van der Waals surface area contributed by atoms with E-state index in [9.17, 15) is 33.6 Å². The van der Waals surface area contributed by atoms with Crippen LogP contribution in [0.2, 0.25) is 0 Å². The number of nitrogens with zero attached hydrogens (tertiary/aromatic N) is 3. The van der Waals surface area contributed by atoms with E-state index in [4.69, 9.17) is 45.2 Å². The van der Waals surface area contributed by atoms with Crippen LogP contribution in [0, 0.1) is 5.92 Å². The summed E-state index contributed by atoms with van der Waals surface area (Å²) >= 11 is 0. The number of aliphatic carboxylic acids is 1. The lowest BCUT2D eigenvalue weighted by Gasteiger charge is -2.35. The first-order chi connectivity index (χ1) is 33.1. The van der Waals surface area contributed by atoms with E-state index in [1.165, 1.54) is 0 Å². The van der Waals surface area contributed by atoms with Crippen molar-refractivity contribution in [2.75, 3.05) is 18.7 Å². The molecule has 1 saturated carbocycles. The number of carbonyl (C=O) groups excluding carboxylic acids is 5. The Bertz CT molecular complexity index is 2820. The second-order valence-electron chi connectivity index (χ2n) is 17.8. The van der Waals surface area contributed by atoms with Crippen molar-refractivity contribution in [3.8, 4) is 22.9 Å². The standard InChI is InChI=1S/C48H54N8O13/c1-4-48(31-18-34-41-29(20-56(34)44(62)30(31)22-65-45(48)63)39(26-7-5-8-26)28-17-35-36(68-23-67-35)19-33(28)53-41)69-47(64)66-21-25-10-12-27(13-11-25)52-42(60)32(9-6-16-51-46(49)50)54-43(61)40(24(2)3)55-37(57)14-15-38(58)59/h10-13,17-19,24,26,32,40H,4-9,14-16,20-23H2,1-3H3,(H,52,60)(H,54,61)(H,55,57)(H,58,59)(H4,49,50,51)/t32-,40-,48-/m0/s1. The fourth-order valence-electron chi connectivity index (χ4n) is 9.08. The average molecular weight is 951 g/mol. The number of carboxylic acid groups (broad SMARTS) is 1. The lowest BCUT2D eigenvalue weighted by Crippen LogP contribution is -2.54. The molecule has 3 aliphatic heterocycles. The number of esters is 1. The van der Waals surface area contributed by atoms with Crippen LogP contribution in [0.1, 0.15) is 106 Å². The number of amides is 3. The number of guanidine groups is 1. The van der Waals surface area contributed by atoms with Gasteiger partial charge < -0.3 is 60.8 Å². The summed E-state index contributed by atoms with van der Waals surface area (Å²) in [6, 6.07) is 9.62. The second-order valence-corrected chi connectivity index (χ2v) is 17.8. The first kappa shape index (κ1) is 47.8. The van der Waals surface area contributed by atoms with Crippen LogP contribution < -0.4 is 42.5 Å². The largest absolute Gasteiger partial charge is 0.510 e. The van der Waals surface area contributed by atoms with Gasteiger partial charge in [-0.15, -0.1) is 0 Å². The zero-order valence-electron chi connectivity index (χ0n) is 38.4. The molecule has 8 rings (SSSR count). The Kier molecular flexibility index (Phi) is 13.8.